The van der Waals surface area contributed by atoms with Gasteiger partial charge >= 0.3 is 0 Å². The molecule has 0 spiro atoms. The molecule has 0 saturated carbocycles. The summed E-state index contributed by atoms with van der Waals surface area (Å²) < 4.78 is 4.26. The van der Waals surface area contributed by atoms with Crippen LogP contribution in [0.1, 0.15) is 110 Å². The van der Waals surface area contributed by atoms with Crippen LogP contribution in [0.3, 0.4) is 0 Å². The van der Waals surface area contributed by atoms with E-state index in [2.05, 4.69) is 36.8 Å². The molecule has 152 valence electrons. The molecule has 0 bridgehead atoms. The normalized spacial score (nSPS) is 10.7. The summed E-state index contributed by atoms with van der Waals surface area (Å²) in [6, 6.07) is 0. The number of hydrogen-bond acceptors (Lipinski definition) is 0. The van der Waals surface area contributed by atoms with Crippen LogP contribution in [0, 0.1) is 0 Å². The zero-order valence-electron chi connectivity index (χ0n) is 17.3. The number of nitrogens with zero attached hydrogens (tertiary/aromatic N) is 2. The monoisotopic (exact) mass is 382 g/mol. The van der Waals surface area contributed by atoms with Gasteiger partial charge in [0, 0.05) is 0 Å². The molecule has 0 atom stereocenters. The van der Waals surface area contributed by atoms with Crippen LogP contribution < -0.4 is 17.0 Å². The SMILES string of the molecule is C=C[n+]1ccn(CCCCCCCCCCCCCCCCCC)c1.[Cl-]. The maximum Gasteiger partial charge on any atom is 0.248 e. The lowest BCUT2D eigenvalue weighted by atomic mass is 10.0. The summed E-state index contributed by atoms with van der Waals surface area (Å²) >= 11 is 0. The number of aryl methyl sites for hydroxylation is 1. The Kier molecular flexibility index (Phi) is 18.5. The van der Waals surface area contributed by atoms with Crippen LogP contribution in [0.4, 0.5) is 0 Å². The Hall–Kier alpha value is -0.760. The topological polar surface area (TPSA) is 8.81 Å². The van der Waals surface area contributed by atoms with Gasteiger partial charge in [-0.15, -0.1) is 0 Å². The predicted octanol–water partition coefficient (Wildman–Crippen LogP) is 4.14. The van der Waals surface area contributed by atoms with Crippen molar-refractivity contribution >= 4 is 6.20 Å². The number of halogens is 1. The van der Waals surface area contributed by atoms with Crippen LogP contribution in [-0.4, -0.2) is 4.57 Å². The summed E-state index contributed by atoms with van der Waals surface area (Å²) in [6.45, 7) is 7.21. The highest BCUT2D eigenvalue weighted by Crippen LogP contribution is 2.13. The fourth-order valence-electron chi connectivity index (χ4n) is 3.49. The standard InChI is InChI=1S/C23H43N2.ClH/c1-3-5-6-7-8-9-10-11-12-13-14-15-16-17-18-19-20-25-22-21-24(4-2)23-25;/h4,21-23H,2-3,5-20H2,1H3;1H/q+1;/p-1. The van der Waals surface area contributed by atoms with Gasteiger partial charge in [-0.25, -0.2) is 9.13 Å². The molecule has 1 rings (SSSR count). The fraction of sp³-hybridized carbons (Fsp3) is 0.783. The molecule has 0 aliphatic heterocycles. The maximum atomic E-state index is 3.77. The summed E-state index contributed by atoms with van der Waals surface area (Å²) in [6.07, 6.45) is 31.0. The van der Waals surface area contributed by atoms with Gasteiger partial charge in [0.05, 0.1) is 12.7 Å². The molecule has 26 heavy (non-hydrogen) atoms. The minimum atomic E-state index is 0. The summed E-state index contributed by atoms with van der Waals surface area (Å²) in [5.74, 6) is 0. The first-order chi connectivity index (χ1) is 12.4. The van der Waals surface area contributed by atoms with E-state index in [0.29, 0.717) is 0 Å². The van der Waals surface area contributed by atoms with Crippen LogP contribution in [0.15, 0.2) is 25.3 Å². The van der Waals surface area contributed by atoms with Crippen molar-refractivity contribution in [1.82, 2.24) is 4.57 Å². The number of rotatable bonds is 18. The quantitative estimate of drug-likeness (QED) is 0.266. The highest BCUT2D eigenvalue weighted by molar-refractivity contribution is 4.94. The molecule has 0 aliphatic carbocycles. The second kappa shape index (κ2) is 19.0. The summed E-state index contributed by atoms with van der Waals surface area (Å²) in [5.41, 5.74) is 0. The molecule has 0 aliphatic rings. The van der Waals surface area contributed by atoms with Crippen molar-refractivity contribution < 1.29 is 17.0 Å². The van der Waals surface area contributed by atoms with Crippen molar-refractivity contribution in [2.24, 2.45) is 0 Å². The van der Waals surface area contributed by atoms with Crippen molar-refractivity contribution in [3.8, 4) is 0 Å². The Morgan fingerprint density at radius 3 is 1.54 bits per heavy atom. The smallest absolute Gasteiger partial charge is 0.248 e. The molecule has 0 radical (unpaired) electrons. The first-order valence-corrected chi connectivity index (χ1v) is 11.1. The maximum absolute atomic E-state index is 3.77. The molecule has 0 unspecified atom stereocenters. The molecule has 2 nitrogen and oxygen atoms in total. The van der Waals surface area contributed by atoms with Crippen molar-refractivity contribution in [2.75, 3.05) is 0 Å². The Balaban J connectivity index is 0.00000625. The lowest BCUT2D eigenvalue weighted by molar-refractivity contribution is -0.567. The molecule has 0 amide bonds. The van der Waals surface area contributed by atoms with E-state index in [-0.39, 0.29) is 12.4 Å². The molecule has 0 saturated heterocycles. The highest BCUT2D eigenvalue weighted by Gasteiger charge is 2.00. The van der Waals surface area contributed by atoms with E-state index in [1.807, 2.05) is 10.8 Å². The van der Waals surface area contributed by atoms with Crippen LogP contribution in [-0.2, 0) is 6.54 Å². The van der Waals surface area contributed by atoms with Gasteiger partial charge in [-0.2, -0.15) is 0 Å². The zero-order chi connectivity index (χ0) is 18.0. The van der Waals surface area contributed by atoms with E-state index in [0.717, 1.165) is 6.54 Å². The Bertz CT molecular complexity index is 414. The molecule has 0 N–H and O–H groups in total. The average molecular weight is 383 g/mol. The molecular weight excluding hydrogens is 340 g/mol. The molecule has 0 fully saturated rings. The van der Waals surface area contributed by atoms with E-state index >= 15 is 0 Å². The molecule has 1 aromatic heterocycles. The lowest BCUT2D eigenvalue weighted by Gasteiger charge is -2.03. The van der Waals surface area contributed by atoms with Crippen molar-refractivity contribution in [3.05, 3.63) is 25.3 Å². The van der Waals surface area contributed by atoms with E-state index in [9.17, 15) is 0 Å². The van der Waals surface area contributed by atoms with E-state index in [1.165, 1.54) is 103 Å². The number of imidazole rings is 1. The van der Waals surface area contributed by atoms with Crippen LogP contribution in [0.2, 0.25) is 0 Å². The number of unbranched alkanes of at least 4 members (excludes halogenated alkanes) is 15. The van der Waals surface area contributed by atoms with E-state index in [1.54, 1.807) is 0 Å². The van der Waals surface area contributed by atoms with Gasteiger partial charge in [-0.1, -0.05) is 103 Å². The van der Waals surface area contributed by atoms with Gasteiger partial charge in [-0.05, 0) is 12.8 Å². The minimum Gasteiger partial charge on any atom is -1.00 e. The highest BCUT2D eigenvalue weighted by atomic mass is 35.5. The number of aromatic nitrogens is 2. The van der Waals surface area contributed by atoms with Gasteiger partial charge in [0.25, 0.3) is 0 Å². The van der Waals surface area contributed by atoms with E-state index < -0.39 is 0 Å². The van der Waals surface area contributed by atoms with Crippen molar-refractivity contribution in [2.45, 2.75) is 116 Å². The third kappa shape index (κ3) is 14.4. The van der Waals surface area contributed by atoms with Crippen molar-refractivity contribution in [3.63, 3.8) is 0 Å². The van der Waals surface area contributed by atoms with E-state index in [4.69, 9.17) is 0 Å². The summed E-state index contributed by atoms with van der Waals surface area (Å²) in [4.78, 5) is 0. The largest absolute Gasteiger partial charge is 1.00 e. The van der Waals surface area contributed by atoms with Gasteiger partial charge in [-0.3, -0.25) is 0 Å². The number of hydrogen-bond donors (Lipinski definition) is 0. The molecule has 3 heteroatoms. The molecular formula is C23H43ClN2. The van der Waals surface area contributed by atoms with Gasteiger partial charge < -0.3 is 12.4 Å². The fourth-order valence-corrected chi connectivity index (χ4v) is 3.49. The second-order valence-electron chi connectivity index (χ2n) is 7.58. The molecule has 1 aromatic rings. The Morgan fingerprint density at radius 2 is 1.15 bits per heavy atom. The third-order valence-corrected chi connectivity index (χ3v) is 5.19. The average Bonchev–Trinajstić information content (AvgIpc) is 3.09. The lowest BCUT2D eigenvalue weighted by Crippen LogP contribution is -3.00. The first kappa shape index (κ1) is 25.2. The third-order valence-electron chi connectivity index (χ3n) is 5.19. The zero-order valence-corrected chi connectivity index (χ0v) is 18.1. The predicted molar refractivity (Wildman–Crippen MR) is 111 cm³/mol. The van der Waals surface area contributed by atoms with Gasteiger partial charge in [0.2, 0.25) is 6.33 Å². The molecule has 0 aromatic carbocycles. The van der Waals surface area contributed by atoms with Gasteiger partial charge in [0.15, 0.2) is 0 Å². The molecule has 1 heterocycles. The van der Waals surface area contributed by atoms with Crippen LogP contribution in [0.5, 0.6) is 0 Å². The van der Waals surface area contributed by atoms with Crippen LogP contribution >= 0.6 is 0 Å². The Labute approximate surface area is 169 Å². The summed E-state index contributed by atoms with van der Waals surface area (Å²) in [7, 11) is 0. The van der Waals surface area contributed by atoms with Gasteiger partial charge in [0.1, 0.15) is 12.4 Å². The first-order valence-electron chi connectivity index (χ1n) is 11.1. The minimum absolute atomic E-state index is 0. The van der Waals surface area contributed by atoms with Crippen molar-refractivity contribution in [1.29, 1.82) is 0 Å². The van der Waals surface area contributed by atoms with Crippen LogP contribution in [0.25, 0.3) is 6.20 Å². The summed E-state index contributed by atoms with van der Waals surface area (Å²) in [5, 5.41) is 0. The Morgan fingerprint density at radius 1 is 0.731 bits per heavy atom. The second-order valence-corrected chi connectivity index (χ2v) is 7.58.